The second-order valence-corrected chi connectivity index (χ2v) is 4.87. The summed E-state index contributed by atoms with van der Waals surface area (Å²) in [7, 11) is 0. The molecule has 114 valence electrons. The van der Waals surface area contributed by atoms with Gasteiger partial charge in [0.2, 0.25) is 0 Å². The van der Waals surface area contributed by atoms with Crippen LogP contribution in [0.25, 0.3) is 0 Å². The molecule has 0 saturated heterocycles. The molecule has 1 aliphatic rings. The summed E-state index contributed by atoms with van der Waals surface area (Å²) in [4.78, 5) is 5.03. The quantitative estimate of drug-likeness (QED) is 0.737. The van der Waals surface area contributed by atoms with Gasteiger partial charge < -0.3 is 22.3 Å². The van der Waals surface area contributed by atoms with Crippen LogP contribution in [0.2, 0.25) is 0 Å². The molecule has 0 amide bonds. The average Bonchev–Trinajstić information content (AvgIpc) is 3.02. The van der Waals surface area contributed by atoms with Crippen LogP contribution in [0.1, 0.15) is 11.7 Å². The number of aliphatic hydroxyl groups is 1. The summed E-state index contributed by atoms with van der Waals surface area (Å²) in [6, 6.07) is 17.1. The maximum Gasteiger partial charge on any atom is 0.193 e. The van der Waals surface area contributed by atoms with Gasteiger partial charge in [-0.1, -0.05) is 30.3 Å². The molecular formula is C17H17ClN2O2. The molecule has 0 bridgehead atoms. The third-order valence-corrected chi connectivity index (χ3v) is 3.29. The summed E-state index contributed by atoms with van der Waals surface area (Å²) in [5.74, 6) is 1.56. The molecular weight excluding hydrogens is 300 g/mol. The van der Waals surface area contributed by atoms with Gasteiger partial charge in [0.05, 0.1) is 6.20 Å². The number of halogens is 1. The number of hydrogen-bond donors (Lipinski definition) is 2. The Hall–Kier alpha value is -2.14. The number of aliphatic imine (C=N–C) groups is 1. The minimum absolute atomic E-state index is 0. The van der Waals surface area contributed by atoms with E-state index in [-0.39, 0.29) is 12.4 Å². The first-order valence-electron chi connectivity index (χ1n) is 6.88. The molecule has 0 aromatic heterocycles. The third kappa shape index (κ3) is 4.18. The fourth-order valence-electron chi connectivity index (χ4n) is 2.17. The number of benzene rings is 2. The fourth-order valence-corrected chi connectivity index (χ4v) is 2.17. The summed E-state index contributed by atoms with van der Waals surface area (Å²) in [6.07, 6.45) is 4.89. The predicted octanol–water partition coefficient (Wildman–Crippen LogP) is -1.09. The Kier molecular flexibility index (Phi) is 5.72. The van der Waals surface area contributed by atoms with Crippen LogP contribution in [0.4, 0.5) is 0 Å². The van der Waals surface area contributed by atoms with Gasteiger partial charge in [0.15, 0.2) is 6.34 Å². The number of ether oxygens (including phenoxy) is 1. The van der Waals surface area contributed by atoms with Crippen molar-refractivity contribution < 1.29 is 27.2 Å². The largest absolute Gasteiger partial charge is 1.00 e. The van der Waals surface area contributed by atoms with Crippen molar-refractivity contribution in [2.24, 2.45) is 4.99 Å². The Morgan fingerprint density at radius 2 is 1.68 bits per heavy atom. The molecule has 0 fully saturated rings. The summed E-state index contributed by atoms with van der Waals surface area (Å²) in [6.45, 7) is 0.568. The second-order valence-electron chi connectivity index (χ2n) is 4.87. The van der Waals surface area contributed by atoms with E-state index in [4.69, 9.17) is 4.74 Å². The average molecular weight is 317 g/mol. The minimum atomic E-state index is -0.528. The van der Waals surface area contributed by atoms with E-state index in [1.165, 1.54) is 0 Å². The number of quaternary nitrogens is 1. The van der Waals surface area contributed by atoms with E-state index in [9.17, 15) is 5.11 Å². The van der Waals surface area contributed by atoms with Crippen LogP contribution >= 0.6 is 0 Å². The highest BCUT2D eigenvalue weighted by molar-refractivity contribution is 5.47. The Labute approximate surface area is 135 Å². The van der Waals surface area contributed by atoms with Crippen LogP contribution in [0.5, 0.6) is 11.5 Å². The van der Waals surface area contributed by atoms with Crippen LogP contribution < -0.4 is 22.0 Å². The lowest BCUT2D eigenvalue weighted by molar-refractivity contribution is -0.742. The van der Waals surface area contributed by atoms with Crippen molar-refractivity contribution in [3.8, 4) is 11.5 Å². The monoisotopic (exact) mass is 316 g/mol. The van der Waals surface area contributed by atoms with Gasteiger partial charge >= 0.3 is 0 Å². The molecule has 3 rings (SSSR count). The molecule has 1 heterocycles. The van der Waals surface area contributed by atoms with Crippen molar-refractivity contribution in [2.45, 2.75) is 6.10 Å². The lowest BCUT2D eigenvalue weighted by Crippen LogP contribution is -3.06. The van der Waals surface area contributed by atoms with Crippen molar-refractivity contribution in [3.05, 3.63) is 72.6 Å². The number of aliphatic hydroxyl groups excluding tert-OH is 1. The van der Waals surface area contributed by atoms with Crippen LogP contribution in [0.15, 0.2) is 72.0 Å². The highest BCUT2D eigenvalue weighted by Crippen LogP contribution is 2.22. The molecule has 2 aromatic rings. The molecule has 4 nitrogen and oxygen atoms in total. The van der Waals surface area contributed by atoms with Crippen LogP contribution in [-0.4, -0.2) is 18.0 Å². The zero-order valence-electron chi connectivity index (χ0n) is 11.9. The summed E-state index contributed by atoms with van der Waals surface area (Å²) < 4.78 is 5.73. The molecule has 2 N–H and O–H groups in total. The van der Waals surface area contributed by atoms with E-state index >= 15 is 0 Å². The predicted molar refractivity (Wildman–Crippen MR) is 81.4 cm³/mol. The first-order valence-corrected chi connectivity index (χ1v) is 6.88. The van der Waals surface area contributed by atoms with Crippen molar-refractivity contribution in [1.29, 1.82) is 0 Å². The molecule has 2 atom stereocenters. The Balaban J connectivity index is 0.00000176. The van der Waals surface area contributed by atoms with Crippen LogP contribution in [0, 0.1) is 0 Å². The Bertz CT molecular complexity index is 629. The number of nitrogens with zero attached hydrogens (tertiary/aromatic N) is 1. The first kappa shape index (κ1) is 16.2. The standard InChI is InChI=1S/C17H16N2O2.ClH/c20-17(12-19-11-10-18-13-19)14-6-8-16(9-7-14)21-15-4-2-1-3-5-15;/h1-11,13,17,20H,12H2;1H. The van der Waals surface area contributed by atoms with Gasteiger partial charge in [-0.2, -0.15) is 0 Å². The lowest BCUT2D eigenvalue weighted by atomic mass is 10.1. The Morgan fingerprint density at radius 1 is 1.00 bits per heavy atom. The van der Waals surface area contributed by atoms with Gasteiger partial charge in [-0.15, -0.1) is 0 Å². The van der Waals surface area contributed by atoms with Gasteiger partial charge in [0.25, 0.3) is 0 Å². The zero-order chi connectivity index (χ0) is 14.5. The summed E-state index contributed by atoms with van der Waals surface area (Å²) in [5, 5.41) is 10.2. The summed E-state index contributed by atoms with van der Waals surface area (Å²) in [5.41, 5.74) is 0.872. The van der Waals surface area contributed by atoms with E-state index in [0.717, 1.165) is 22.0 Å². The molecule has 5 heteroatoms. The number of nitrogens with one attached hydrogen (secondary N) is 1. The molecule has 2 aromatic carbocycles. The van der Waals surface area contributed by atoms with E-state index in [1.54, 1.807) is 12.5 Å². The Morgan fingerprint density at radius 3 is 2.32 bits per heavy atom. The van der Waals surface area contributed by atoms with E-state index in [0.29, 0.717) is 6.54 Å². The minimum Gasteiger partial charge on any atom is -1.00 e. The highest BCUT2D eigenvalue weighted by Gasteiger charge is 2.15. The highest BCUT2D eigenvalue weighted by atomic mass is 35.5. The number of para-hydroxylation sites is 1. The molecule has 1 aliphatic heterocycles. The zero-order valence-corrected chi connectivity index (χ0v) is 12.6. The van der Waals surface area contributed by atoms with Gasteiger partial charge in [0, 0.05) is 0 Å². The normalized spacial score (nSPS) is 17.0. The molecule has 0 aliphatic carbocycles. The molecule has 0 spiro atoms. The third-order valence-electron chi connectivity index (χ3n) is 3.29. The van der Waals surface area contributed by atoms with E-state index in [1.807, 2.05) is 60.8 Å². The molecule has 0 radical (unpaired) electrons. The summed E-state index contributed by atoms with van der Waals surface area (Å²) >= 11 is 0. The maximum atomic E-state index is 10.2. The SMILES string of the molecule is OC(C[NH+]1C=CN=C1)c1ccc(Oc2ccccc2)cc1.[Cl-]. The lowest BCUT2D eigenvalue weighted by Gasteiger charge is -2.13. The molecule has 0 saturated carbocycles. The van der Waals surface area contributed by atoms with E-state index < -0.39 is 6.10 Å². The van der Waals surface area contributed by atoms with Crippen LogP contribution in [-0.2, 0) is 0 Å². The van der Waals surface area contributed by atoms with Gasteiger partial charge in [-0.05, 0) is 29.8 Å². The molecule has 22 heavy (non-hydrogen) atoms. The van der Waals surface area contributed by atoms with Crippen molar-refractivity contribution >= 4 is 6.34 Å². The fraction of sp³-hybridized carbons (Fsp3) is 0.118. The van der Waals surface area contributed by atoms with E-state index in [2.05, 4.69) is 4.99 Å². The van der Waals surface area contributed by atoms with Crippen molar-refractivity contribution in [2.75, 3.05) is 6.54 Å². The van der Waals surface area contributed by atoms with Gasteiger partial charge in [0.1, 0.15) is 30.3 Å². The number of hydrogen-bond acceptors (Lipinski definition) is 3. The van der Waals surface area contributed by atoms with Crippen LogP contribution in [0.3, 0.4) is 0 Å². The second kappa shape index (κ2) is 7.75. The smallest absolute Gasteiger partial charge is 0.193 e. The molecule has 2 unspecified atom stereocenters. The maximum absolute atomic E-state index is 10.2. The topological polar surface area (TPSA) is 46.3 Å². The number of rotatable bonds is 5. The van der Waals surface area contributed by atoms with Gasteiger partial charge in [-0.3, -0.25) is 4.90 Å². The van der Waals surface area contributed by atoms with Crippen molar-refractivity contribution in [3.63, 3.8) is 0 Å². The van der Waals surface area contributed by atoms with Gasteiger partial charge in [-0.25, -0.2) is 4.99 Å². The van der Waals surface area contributed by atoms with Crippen molar-refractivity contribution in [1.82, 2.24) is 0 Å². The first-order chi connectivity index (χ1) is 10.3.